The van der Waals surface area contributed by atoms with Crippen LogP contribution in [0.5, 0.6) is 5.75 Å². The fraction of sp³-hybridized carbons (Fsp3) is 0.421. The molecule has 0 unspecified atom stereocenters. The zero-order valence-corrected chi connectivity index (χ0v) is 15.5. The van der Waals surface area contributed by atoms with Crippen molar-refractivity contribution in [3.05, 3.63) is 55.9 Å². The van der Waals surface area contributed by atoms with E-state index in [1.807, 2.05) is 32.9 Å². The second-order valence-corrected chi connectivity index (χ2v) is 8.18. The van der Waals surface area contributed by atoms with Gasteiger partial charge < -0.3 is 10.1 Å². The quantitative estimate of drug-likeness (QED) is 0.731. The second-order valence-electron chi connectivity index (χ2n) is 8.18. The maximum absolute atomic E-state index is 11.7. The van der Waals surface area contributed by atoms with Gasteiger partial charge in [-0.15, -0.1) is 0 Å². The molecule has 6 nitrogen and oxygen atoms in total. The van der Waals surface area contributed by atoms with Crippen LogP contribution in [-0.2, 0) is 10.8 Å². The van der Waals surface area contributed by atoms with E-state index in [0.29, 0.717) is 5.56 Å². The van der Waals surface area contributed by atoms with Crippen molar-refractivity contribution < 1.29 is 5.11 Å². The lowest BCUT2D eigenvalue weighted by atomic mass is 9.79. The third-order valence-corrected chi connectivity index (χ3v) is 3.96. The molecule has 0 amide bonds. The second kappa shape index (κ2) is 6.35. The summed E-state index contributed by atoms with van der Waals surface area (Å²) >= 11 is 0. The highest BCUT2D eigenvalue weighted by Gasteiger charge is 2.24. The third-order valence-electron chi connectivity index (χ3n) is 3.96. The van der Waals surface area contributed by atoms with E-state index < -0.39 is 11.2 Å². The lowest BCUT2D eigenvalue weighted by Gasteiger charge is -2.26. The molecule has 2 rings (SSSR count). The molecule has 0 atom stereocenters. The molecule has 0 aliphatic carbocycles. The first-order chi connectivity index (χ1) is 11.4. The molecule has 1 aromatic heterocycles. The number of phenolic OH excluding ortho intramolecular Hbond substituents is 1. The minimum atomic E-state index is -0.587. The highest BCUT2D eigenvalue weighted by molar-refractivity contribution is 5.86. The average molecular weight is 343 g/mol. The molecule has 25 heavy (non-hydrogen) atoms. The molecule has 0 saturated carbocycles. The van der Waals surface area contributed by atoms with Crippen molar-refractivity contribution >= 4 is 11.9 Å². The van der Waals surface area contributed by atoms with Gasteiger partial charge in [-0.2, -0.15) is 0 Å². The molecule has 0 radical (unpaired) electrons. The summed E-state index contributed by atoms with van der Waals surface area (Å²) in [5.74, 6) is 0.144. The van der Waals surface area contributed by atoms with Gasteiger partial charge in [-0.05, 0) is 22.5 Å². The van der Waals surface area contributed by atoms with Crippen LogP contribution in [0.4, 0.5) is 5.69 Å². The Hall–Kier alpha value is -2.63. The monoisotopic (exact) mass is 343 g/mol. The number of nitrogens with one attached hydrogen (secondary N) is 2. The Labute approximate surface area is 146 Å². The largest absolute Gasteiger partial charge is 0.507 e. The van der Waals surface area contributed by atoms with E-state index in [0.717, 1.165) is 11.1 Å². The maximum atomic E-state index is 11.7. The minimum Gasteiger partial charge on any atom is -0.507 e. The molecule has 0 saturated heterocycles. The van der Waals surface area contributed by atoms with E-state index in [-0.39, 0.29) is 22.3 Å². The van der Waals surface area contributed by atoms with Crippen molar-refractivity contribution in [2.24, 2.45) is 4.99 Å². The first-order valence-electron chi connectivity index (χ1n) is 8.13. The van der Waals surface area contributed by atoms with Gasteiger partial charge in [0, 0.05) is 23.5 Å². The smallest absolute Gasteiger partial charge is 0.325 e. The van der Waals surface area contributed by atoms with Crippen molar-refractivity contribution in [1.29, 1.82) is 0 Å². The van der Waals surface area contributed by atoms with Crippen LogP contribution in [0, 0.1) is 0 Å². The van der Waals surface area contributed by atoms with Crippen LogP contribution in [-0.4, -0.2) is 21.3 Å². The fourth-order valence-electron chi connectivity index (χ4n) is 2.40. The third kappa shape index (κ3) is 4.26. The van der Waals surface area contributed by atoms with E-state index in [2.05, 4.69) is 35.7 Å². The van der Waals surface area contributed by atoms with E-state index in [1.165, 1.54) is 12.4 Å². The summed E-state index contributed by atoms with van der Waals surface area (Å²) in [5.41, 5.74) is 0.957. The molecule has 0 aliphatic rings. The van der Waals surface area contributed by atoms with Crippen LogP contribution in [0.2, 0.25) is 0 Å². The number of nitrogens with zero attached hydrogens (tertiary/aromatic N) is 1. The predicted octanol–water partition coefficient (Wildman–Crippen LogP) is 3.11. The number of hydrogen-bond donors (Lipinski definition) is 3. The van der Waals surface area contributed by atoms with Gasteiger partial charge in [0.2, 0.25) is 0 Å². The molecule has 0 fully saturated rings. The molecular formula is C19H25N3O3. The number of aromatic amines is 2. The normalized spacial score (nSPS) is 12.7. The van der Waals surface area contributed by atoms with E-state index in [4.69, 9.17) is 0 Å². The molecular weight excluding hydrogens is 318 g/mol. The minimum absolute atomic E-state index is 0.0671. The highest BCUT2D eigenvalue weighted by Crippen LogP contribution is 2.37. The number of aromatic nitrogens is 2. The molecule has 2 aromatic rings. The number of hydrogen-bond acceptors (Lipinski definition) is 4. The molecule has 1 aromatic carbocycles. The Morgan fingerprint density at radius 1 is 1.04 bits per heavy atom. The van der Waals surface area contributed by atoms with Crippen LogP contribution in [0.25, 0.3) is 0 Å². The number of rotatable bonds is 2. The van der Waals surface area contributed by atoms with Gasteiger partial charge in [0.25, 0.3) is 5.56 Å². The fourth-order valence-corrected chi connectivity index (χ4v) is 2.40. The number of aliphatic imine (C=N–C) groups is 1. The van der Waals surface area contributed by atoms with Crippen molar-refractivity contribution in [3.8, 4) is 5.75 Å². The SMILES string of the molecule is CC(C)(C)c1cc(/C=N/c2c[nH]c(=O)[nH]c2=O)c(O)c(C(C)(C)C)c1. The Morgan fingerprint density at radius 2 is 1.68 bits per heavy atom. The summed E-state index contributed by atoms with van der Waals surface area (Å²) in [7, 11) is 0. The van der Waals surface area contributed by atoms with Crippen molar-refractivity contribution in [1.82, 2.24) is 9.97 Å². The van der Waals surface area contributed by atoms with Crippen LogP contribution in [0.15, 0.2) is 32.9 Å². The number of benzene rings is 1. The summed E-state index contributed by atoms with van der Waals surface area (Å²) in [4.78, 5) is 31.4. The van der Waals surface area contributed by atoms with Crippen LogP contribution in [0.1, 0.15) is 58.2 Å². The first-order valence-corrected chi connectivity index (χ1v) is 8.13. The molecule has 3 N–H and O–H groups in total. The van der Waals surface area contributed by atoms with Gasteiger partial charge in [0.15, 0.2) is 0 Å². The van der Waals surface area contributed by atoms with Gasteiger partial charge >= 0.3 is 5.69 Å². The van der Waals surface area contributed by atoms with E-state index >= 15 is 0 Å². The Bertz CT molecular complexity index is 923. The van der Waals surface area contributed by atoms with Gasteiger partial charge in [0.1, 0.15) is 11.4 Å². The molecule has 6 heteroatoms. The van der Waals surface area contributed by atoms with Crippen molar-refractivity contribution in [2.45, 2.75) is 52.4 Å². The first kappa shape index (κ1) is 18.7. The molecule has 0 aliphatic heterocycles. The summed E-state index contributed by atoms with van der Waals surface area (Å²) in [6, 6.07) is 3.88. The number of aromatic hydroxyl groups is 1. The van der Waals surface area contributed by atoms with Gasteiger partial charge in [0.05, 0.1) is 0 Å². The maximum Gasteiger partial charge on any atom is 0.325 e. The highest BCUT2D eigenvalue weighted by atomic mass is 16.3. The Balaban J connectivity index is 2.62. The van der Waals surface area contributed by atoms with Crippen molar-refractivity contribution in [2.75, 3.05) is 0 Å². The lowest BCUT2D eigenvalue weighted by Crippen LogP contribution is -2.20. The van der Waals surface area contributed by atoms with E-state index in [9.17, 15) is 14.7 Å². The van der Waals surface area contributed by atoms with Gasteiger partial charge in [-0.3, -0.25) is 9.78 Å². The Kier molecular flexibility index (Phi) is 4.75. The zero-order chi connectivity index (χ0) is 19.0. The summed E-state index contributed by atoms with van der Waals surface area (Å²) < 4.78 is 0. The zero-order valence-electron chi connectivity index (χ0n) is 15.5. The summed E-state index contributed by atoms with van der Waals surface area (Å²) in [6.45, 7) is 12.4. The topological polar surface area (TPSA) is 98.3 Å². The van der Waals surface area contributed by atoms with E-state index in [1.54, 1.807) is 0 Å². The number of phenols is 1. The predicted molar refractivity (Wildman–Crippen MR) is 100 cm³/mol. The van der Waals surface area contributed by atoms with Crippen molar-refractivity contribution in [3.63, 3.8) is 0 Å². The average Bonchev–Trinajstić information content (AvgIpc) is 2.45. The summed E-state index contributed by atoms with van der Waals surface area (Å²) in [5, 5.41) is 10.7. The standard InChI is InChI=1S/C19H25N3O3/c1-18(2,3)12-7-11(15(23)13(8-12)19(4,5)6)9-20-14-10-21-17(25)22-16(14)24/h7-10,23H,1-6H3,(H2,21,22,24,25)/b20-9+. The van der Waals surface area contributed by atoms with Crippen LogP contribution in [0.3, 0.4) is 0 Å². The Morgan fingerprint density at radius 3 is 2.20 bits per heavy atom. The molecule has 134 valence electrons. The molecule has 0 bridgehead atoms. The van der Waals surface area contributed by atoms with Gasteiger partial charge in [-0.1, -0.05) is 47.6 Å². The molecule has 1 heterocycles. The van der Waals surface area contributed by atoms with Gasteiger partial charge in [-0.25, -0.2) is 9.79 Å². The van der Waals surface area contributed by atoms with Crippen LogP contribution < -0.4 is 11.2 Å². The molecule has 0 spiro atoms. The number of H-pyrrole nitrogens is 2. The van der Waals surface area contributed by atoms with Crippen LogP contribution >= 0.6 is 0 Å². The lowest BCUT2D eigenvalue weighted by molar-refractivity contribution is 0.444. The summed E-state index contributed by atoms with van der Waals surface area (Å²) in [6.07, 6.45) is 2.69.